The summed E-state index contributed by atoms with van der Waals surface area (Å²) in [4.78, 5) is 23.0. The standard InChI is InChI=1S/C15H22N2O4S/c1-10(14(19)17-15(3,4)5)22(20,21)13-8-6-12(7-9-13)16-11(2)18/h6-10H,1-5H3,(H,16,18)(H,17,19). The van der Waals surface area contributed by atoms with Crippen molar-refractivity contribution in [3.63, 3.8) is 0 Å². The summed E-state index contributed by atoms with van der Waals surface area (Å²) >= 11 is 0. The maximum absolute atomic E-state index is 12.4. The van der Waals surface area contributed by atoms with Crippen molar-refractivity contribution in [3.8, 4) is 0 Å². The predicted molar refractivity (Wildman–Crippen MR) is 85.3 cm³/mol. The molecule has 1 atom stereocenters. The van der Waals surface area contributed by atoms with Crippen LogP contribution in [0.3, 0.4) is 0 Å². The normalized spacial score (nSPS) is 13.3. The Balaban J connectivity index is 2.98. The maximum Gasteiger partial charge on any atom is 0.238 e. The minimum atomic E-state index is -3.78. The van der Waals surface area contributed by atoms with Crippen LogP contribution in [-0.4, -0.2) is 31.0 Å². The topological polar surface area (TPSA) is 92.3 Å². The summed E-state index contributed by atoms with van der Waals surface area (Å²) in [5.74, 6) is -0.785. The van der Waals surface area contributed by atoms with Gasteiger partial charge in [0.25, 0.3) is 0 Å². The number of carbonyl (C=O) groups is 2. The van der Waals surface area contributed by atoms with Crippen molar-refractivity contribution in [2.24, 2.45) is 0 Å². The van der Waals surface area contributed by atoms with Crippen molar-refractivity contribution in [1.82, 2.24) is 5.32 Å². The van der Waals surface area contributed by atoms with Crippen LogP contribution in [0.15, 0.2) is 29.2 Å². The Labute approximate surface area is 131 Å². The van der Waals surface area contributed by atoms with E-state index in [1.54, 1.807) is 20.8 Å². The van der Waals surface area contributed by atoms with Gasteiger partial charge < -0.3 is 10.6 Å². The van der Waals surface area contributed by atoms with Crippen molar-refractivity contribution in [2.75, 3.05) is 5.32 Å². The summed E-state index contributed by atoms with van der Waals surface area (Å²) in [6.45, 7) is 8.08. The average Bonchev–Trinajstić information content (AvgIpc) is 2.35. The van der Waals surface area contributed by atoms with Crippen LogP contribution >= 0.6 is 0 Å². The molecule has 122 valence electrons. The molecule has 2 amide bonds. The molecule has 0 fully saturated rings. The van der Waals surface area contributed by atoms with Crippen molar-refractivity contribution in [3.05, 3.63) is 24.3 Å². The lowest BCUT2D eigenvalue weighted by Gasteiger charge is -2.23. The van der Waals surface area contributed by atoms with Gasteiger partial charge in [0.05, 0.1) is 4.90 Å². The number of rotatable bonds is 4. The van der Waals surface area contributed by atoms with Crippen LogP contribution < -0.4 is 10.6 Å². The summed E-state index contributed by atoms with van der Waals surface area (Å²) in [6, 6.07) is 5.73. The van der Waals surface area contributed by atoms with Crippen LogP contribution in [0, 0.1) is 0 Å². The lowest BCUT2D eigenvalue weighted by Crippen LogP contribution is -2.47. The van der Waals surface area contributed by atoms with Crippen molar-refractivity contribution < 1.29 is 18.0 Å². The molecule has 2 N–H and O–H groups in total. The molecule has 0 aliphatic rings. The van der Waals surface area contributed by atoms with Crippen molar-refractivity contribution in [1.29, 1.82) is 0 Å². The molecule has 1 unspecified atom stereocenters. The number of carbonyl (C=O) groups excluding carboxylic acids is 2. The fourth-order valence-electron chi connectivity index (χ4n) is 1.75. The number of nitrogens with one attached hydrogen (secondary N) is 2. The molecular formula is C15H22N2O4S. The summed E-state index contributed by atoms with van der Waals surface area (Å²) in [5.41, 5.74) is -0.00546. The van der Waals surface area contributed by atoms with Gasteiger partial charge in [0.2, 0.25) is 11.8 Å². The molecule has 0 aliphatic carbocycles. The Kier molecular flexibility index (Phi) is 5.35. The summed E-state index contributed by atoms with van der Waals surface area (Å²) in [5, 5.41) is 4.01. The number of amides is 2. The van der Waals surface area contributed by atoms with Crippen LogP contribution in [0.2, 0.25) is 0 Å². The minimum Gasteiger partial charge on any atom is -0.350 e. The van der Waals surface area contributed by atoms with Gasteiger partial charge >= 0.3 is 0 Å². The molecule has 0 bridgehead atoms. The number of hydrogen-bond donors (Lipinski definition) is 2. The highest BCUT2D eigenvalue weighted by Crippen LogP contribution is 2.19. The second-order valence-electron chi connectivity index (χ2n) is 6.13. The van der Waals surface area contributed by atoms with E-state index >= 15 is 0 Å². The number of benzene rings is 1. The molecule has 0 saturated carbocycles. The van der Waals surface area contributed by atoms with Gasteiger partial charge in [-0.15, -0.1) is 0 Å². The van der Waals surface area contributed by atoms with E-state index in [4.69, 9.17) is 0 Å². The van der Waals surface area contributed by atoms with Gasteiger partial charge in [-0.1, -0.05) is 0 Å². The largest absolute Gasteiger partial charge is 0.350 e. The van der Waals surface area contributed by atoms with Gasteiger partial charge in [0, 0.05) is 18.2 Å². The molecular weight excluding hydrogens is 304 g/mol. The lowest BCUT2D eigenvalue weighted by atomic mass is 10.1. The SMILES string of the molecule is CC(=O)Nc1ccc(S(=O)(=O)C(C)C(=O)NC(C)(C)C)cc1. The van der Waals surface area contributed by atoms with E-state index in [1.807, 2.05) is 0 Å². The molecule has 1 aromatic carbocycles. The Morgan fingerprint density at radius 2 is 1.59 bits per heavy atom. The first-order valence-electron chi connectivity index (χ1n) is 6.87. The molecule has 1 rings (SSSR count). The molecule has 0 aromatic heterocycles. The van der Waals surface area contributed by atoms with Crippen LogP contribution in [-0.2, 0) is 19.4 Å². The monoisotopic (exact) mass is 326 g/mol. The molecule has 22 heavy (non-hydrogen) atoms. The first kappa shape index (κ1) is 18.2. The highest BCUT2D eigenvalue weighted by atomic mass is 32.2. The van der Waals surface area contributed by atoms with Crippen LogP contribution in [0.1, 0.15) is 34.6 Å². The van der Waals surface area contributed by atoms with E-state index in [2.05, 4.69) is 10.6 Å². The van der Waals surface area contributed by atoms with E-state index in [-0.39, 0.29) is 10.8 Å². The van der Waals surface area contributed by atoms with E-state index in [0.717, 1.165) is 0 Å². The summed E-state index contributed by atoms with van der Waals surface area (Å²) < 4.78 is 24.9. The molecule has 0 radical (unpaired) electrons. The maximum atomic E-state index is 12.4. The zero-order valence-electron chi connectivity index (χ0n) is 13.4. The second kappa shape index (κ2) is 6.48. The third kappa shape index (κ3) is 4.84. The number of sulfone groups is 1. The Bertz CT molecular complexity index is 658. The van der Waals surface area contributed by atoms with E-state index < -0.39 is 26.5 Å². The third-order valence-corrected chi connectivity index (χ3v) is 4.91. The predicted octanol–water partition coefficient (Wildman–Crippen LogP) is 1.72. The fraction of sp³-hybridized carbons (Fsp3) is 0.467. The molecule has 1 aromatic rings. The zero-order valence-corrected chi connectivity index (χ0v) is 14.2. The quantitative estimate of drug-likeness (QED) is 0.881. The molecule has 7 heteroatoms. The second-order valence-corrected chi connectivity index (χ2v) is 8.40. The highest BCUT2D eigenvalue weighted by Gasteiger charge is 2.31. The first-order chi connectivity index (χ1) is 9.93. The first-order valence-corrected chi connectivity index (χ1v) is 8.42. The molecule has 6 nitrogen and oxygen atoms in total. The van der Waals surface area contributed by atoms with Gasteiger partial charge in [0.1, 0.15) is 5.25 Å². The van der Waals surface area contributed by atoms with Crippen LogP contribution in [0.4, 0.5) is 5.69 Å². The molecule has 0 spiro atoms. The minimum absolute atomic E-state index is 0.0400. The summed E-state index contributed by atoms with van der Waals surface area (Å²) in [6.07, 6.45) is 0. The Hall–Kier alpha value is -1.89. The van der Waals surface area contributed by atoms with Crippen LogP contribution in [0.5, 0.6) is 0 Å². The number of anilines is 1. The molecule has 0 aliphatic heterocycles. The van der Waals surface area contributed by atoms with Gasteiger partial charge in [0.15, 0.2) is 9.84 Å². The van der Waals surface area contributed by atoms with Gasteiger partial charge in [-0.25, -0.2) is 8.42 Å². The third-order valence-electron chi connectivity index (χ3n) is 2.84. The van der Waals surface area contributed by atoms with Crippen LogP contribution in [0.25, 0.3) is 0 Å². The van der Waals surface area contributed by atoms with E-state index in [0.29, 0.717) is 5.69 Å². The van der Waals surface area contributed by atoms with Gasteiger partial charge in [-0.2, -0.15) is 0 Å². The van der Waals surface area contributed by atoms with E-state index in [9.17, 15) is 18.0 Å². The smallest absolute Gasteiger partial charge is 0.238 e. The Morgan fingerprint density at radius 3 is 2.00 bits per heavy atom. The highest BCUT2D eigenvalue weighted by molar-refractivity contribution is 7.92. The fourth-order valence-corrected chi connectivity index (χ4v) is 3.01. The lowest BCUT2D eigenvalue weighted by molar-refractivity contribution is -0.121. The van der Waals surface area contributed by atoms with E-state index in [1.165, 1.54) is 38.1 Å². The van der Waals surface area contributed by atoms with Crippen molar-refractivity contribution >= 4 is 27.3 Å². The van der Waals surface area contributed by atoms with Crippen molar-refractivity contribution in [2.45, 2.75) is 50.3 Å². The molecule has 0 saturated heterocycles. The summed E-state index contributed by atoms with van der Waals surface area (Å²) in [7, 11) is -3.78. The number of hydrogen-bond acceptors (Lipinski definition) is 4. The average molecular weight is 326 g/mol. The Morgan fingerprint density at radius 1 is 1.09 bits per heavy atom. The van der Waals surface area contributed by atoms with Gasteiger partial charge in [-0.05, 0) is 52.0 Å². The molecule has 0 heterocycles. The van der Waals surface area contributed by atoms with Gasteiger partial charge in [-0.3, -0.25) is 9.59 Å². The zero-order chi connectivity index (χ0) is 17.1.